The van der Waals surface area contributed by atoms with E-state index in [2.05, 4.69) is 36.3 Å². The summed E-state index contributed by atoms with van der Waals surface area (Å²) in [7, 11) is 0. The SMILES string of the molecule is CC(=O)OCCn1nnc(-c2[nH]c(CO)c(C(=O)c3ccc(C)c(Br)c3)c2C)n1. The molecule has 10 heteroatoms. The number of ketones is 1. The van der Waals surface area contributed by atoms with Crippen molar-refractivity contribution in [2.75, 3.05) is 6.61 Å². The summed E-state index contributed by atoms with van der Waals surface area (Å²) in [6.45, 7) is 5.07. The Morgan fingerprint density at radius 2 is 2.07 bits per heavy atom. The highest BCUT2D eigenvalue weighted by atomic mass is 79.9. The Morgan fingerprint density at radius 1 is 1.31 bits per heavy atom. The predicted molar refractivity (Wildman–Crippen MR) is 107 cm³/mol. The lowest BCUT2D eigenvalue weighted by molar-refractivity contribution is -0.141. The number of halogens is 1. The van der Waals surface area contributed by atoms with E-state index in [-0.39, 0.29) is 37.3 Å². The molecule has 0 amide bonds. The summed E-state index contributed by atoms with van der Waals surface area (Å²) in [5.74, 6) is -0.315. The Balaban J connectivity index is 1.92. The number of benzene rings is 1. The van der Waals surface area contributed by atoms with Crippen molar-refractivity contribution in [3.05, 3.63) is 50.6 Å². The van der Waals surface area contributed by atoms with Crippen molar-refractivity contribution in [3.8, 4) is 11.5 Å². The van der Waals surface area contributed by atoms with Crippen LogP contribution >= 0.6 is 15.9 Å². The maximum atomic E-state index is 13.1. The molecule has 0 spiro atoms. The minimum atomic E-state index is -0.385. The molecule has 0 aliphatic carbocycles. The number of esters is 1. The number of ether oxygens (including phenoxy) is 1. The molecule has 0 unspecified atom stereocenters. The number of nitrogens with one attached hydrogen (secondary N) is 1. The first-order chi connectivity index (χ1) is 13.8. The second-order valence-electron chi connectivity index (χ2n) is 6.48. The van der Waals surface area contributed by atoms with Gasteiger partial charge in [-0.2, -0.15) is 4.80 Å². The molecule has 2 N–H and O–H groups in total. The van der Waals surface area contributed by atoms with Gasteiger partial charge in [0, 0.05) is 22.5 Å². The fourth-order valence-electron chi connectivity index (χ4n) is 2.90. The molecule has 0 fully saturated rings. The molecule has 1 aromatic carbocycles. The monoisotopic (exact) mass is 461 g/mol. The lowest BCUT2D eigenvalue weighted by Gasteiger charge is -2.05. The van der Waals surface area contributed by atoms with Crippen LogP contribution in [-0.4, -0.2) is 48.7 Å². The first-order valence-corrected chi connectivity index (χ1v) is 9.65. The normalized spacial score (nSPS) is 10.9. The van der Waals surface area contributed by atoms with Gasteiger partial charge in [-0.05, 0) is 36.3 Å². The van der Waals surface area contributed by atoms with Crippen molar-refractivity contribution < 1.29 is 19.4 Å². The number of carbonyl (C=O) groups excluding carboxylic acids is 2. The summed E-state index contributed by atoms with van der Waals surface area (Å²) in [6, 6.07) is 5.36. The van der Waals surface area contributed by atoms with Crippen LogP contribution in [0.5, 0.6) is 0 Å². The number of aryl methyl sites for hydroxylation is 1. The zero-order chi connectivity index (χ0) is 21.1. The number of rotatable bonds is 7. The second-order valence-corrected chi connectivity index (χ2v) is 7.33. The standard InChI is InChI=1S/C19H20BrN5O4/c1-10-4-5-13(8-14(10)20)18(28)16-11(2)17(21-15(16)9-26)19-22-24-25(23-19)6-7-29-12(3)27/h4-5,8,21,26H,6-7,9H2,1-3H3. The molecule has 3 aromatic rings. The van der Waals surface area contributed by atoms with Crippen LogP contribution in [0.4, 0.5) is 0 Å². The molecule has 0 saturated carbocycles. The third-order valence-electron chi connectivity index (χ3n) is 4.42. The summed E-state index contributed by atoms with van der Waals surface area (Å²) in [5, 5.41) is 22.0. The fraction of sp³-hybridized carbons (Fsp3) is 0.316. The van der Waals surface area contributed by atoms with E-state index in [4.69, 9.17) is 4.74 Å². The minimum absolute atomic E-state index is 0.128. The van der Waals surface area contributed by atoms with Crippen LogP contribution in [0.15, 0.2) is 22.7 Å². The van der Waals surface area contributed by atoms with Gasteiger partial charge in [-0.25, -0.2) is 0 Å². The number of hydrogen-bond acceptors (Lipinski definition) is 7. The van der Waals surface area contributed by atoms with Gasteiger partial charge in [0.05, 0.1) is 24.5 Å². The van der Waals surface area contributed by atoms with Crippen molar-refractivity contribution in [1.29, 1.82) is 0 Å². The zero-order valence-electron chi connectivity index (χ0n) is 16.2. The van der Waals surface area contributed by atoms with Crippen LogP contribution in [0.25, 0.3) is 11.5 Å². The van der Waals surface area contributed by atoms with Crippen molar-refractivity contribution in [2.24, 2.45) is 0 Å². The molecule has 3 rings (SSSR count). The van der Waals surface area contributed by atoms with Gasteiger partial charge in [-0.15, -0.1) is 10.2 Å². The average molecular weight is 462 g/mol. The number of aromatic amines is 1. The molecule has 0 aliphatic rings. The minimum Gasteiger partial charge on any atom is -0.464 e. The molecule has 0 aliphatic heterocycles. The van der Waals surface area contributed by atoms with E-state index in [0.29, 0.717) is 28.1 Å². The van der Waals surface area contributed by atoms with Gasteiger partial charge in [-0.3, -0.25) is 9.59 Å². The molecule has 0 atom stereocenters. The van der Waals surface area contributed by atoms with E-state index in [0.717, 1.165) is 10.0 Å². The summed E-state index contributed by atoms with van der Waals surface area (Å²) >= 11 is 3.44. The van der Waals surface area contributed by atoms with Crippen LogP contribution in [0.2, 0.25) is 0 Å². The Morgan fingerprint density at radius 3 is 2.72 bits per heavy atom. The summed E-state index contributed by atoms with van der Waals surface area (Å²) in [5.41, 5.74) is 3.41. The predicted octanol–water partition coefficient (Wildman–Crippen LogP) is 2.33. The number of aliphatic hydroxyl groups excluding tert-OH is 1. The molecule has 0 radical (unpaired) electrons. The number of H-pyrrole nitrogens is 1. The van der Waals surface area contributed by atoms with E-state index < -0.39 is 0 Å². The molecule has 2 aromatic heterocycles. The fourth-order valence-corrected chi connectivity index (χ4v) is 3.27. The highest BCUT2D eigenvalue weighted by Gasteiger charge is 2.24. The Kier molecular flexibility index (Phi) is 6.23. The topological polar surface area (TPSA) is 123 Å². The smallest absolute Gasteiger partial charge is 0.302 e. The number of aliphatic hydroxyl groups is 1. The number of hydrogen-bond donors (Lipinski definition) is 2. The number of aromatic nitrogens is 5. The number of carbonyl (C=O) groups is 2. The number of nitrogens with zero attached hydrogens (tertiary/aromatic N) is 4. The zero-order valence-corrected chi connectivity index (χ0v) is 17.8. The van der Waals surface area contributed by atoms with Gasteiger partial charge in [0.2, 0.25) is 5.82 Å². The molecule has 152 valence electrons. The van der Waals surface area contributed by atoms with Crippen LogP contribution in [0.1, 0.15) is 39.7 Å². The molecule has 2 heterocycles. The molecule has 0 bridgehead atoms. The molecule has 9 nitrogen and oxygen atoms in total. The van der Waals surface area contributed by atoms with Gasteiger partial charge in [0.25, 0.3) is 0 Å². The van der Waals surface area contributed by atoms with Crippen LogP contribution in [0.3, 0.4) is 0 Å². The average Bonchev–Trinajstić information content (AvgIpc) is 3.27. The highest BCUT2D eigenvalue weighted by molar-refractivity contribution is 9.10. The van der Waals surface area contributed by atoms with E-state index in [1.807, 2.05) is 13.0 Å². The maximum Gasteiger partial charge on any atom is 0.302 e. The van der Waals surface area contributed by atoms with Crippen LogP contribution in [0, 0.1) is 13.8 Å². The highest BCUT2D eigenvalue weighted by Crippen LogP contribution is 2.28. The number of tetrazole rings is 1. The van der Waals surface area contributed by atoms with Gasteiger partial charge in [-0.1, -0.05) is 28.1 Å². The maximum absolute atomic E-state index is 13.1. The van der Waals surface area contributed by atoms with Crippen LogP contribution < -0.4 is 0 Å². The lowest BCUT2D eigenvalue weighted by atomic mass is 9.98. The lowest BCUT2D eigenvalue weighted by Crippen LogP contribution is -2.11. The van der Waals surface area contributed by atoms with E-state index >= 15 is 0 Å². The third kappa shape index (κ3) is 4.43. The van der Waals surface area contributed by atoms with Gasteiger partial charge in [0.15, 0.2) is 5.78 Å². The third-order valence-corrected chi connectivity index (χ3v) is 5.27. The van der Waals surface area contributed by atoms with Gasteiger partial charge >= 0.3 is 5.97 Å². The van der Waals surface area contributed by atoms with Crippen LogP contribution in [-0.2, 0) is 22.7 Å². The largest absolute Gasteiger partial charge is 0.464 e. The van der Waals surface area contributed by atoms with E-state index in [1.54, 1.807) is 19.1 Å². The van der Waals surface area contributed by atoms with Crippen molar-refractivity contribution >= 4 is 27.7 Å². The van der Waals surface area contributed by atoms with Gasteiger partial charge in [0.1, 0.15) is 6.61 Å². The summed E-state index contributed by atoms with van der Waals surface area (Å²) in [4.78, 5) is 28.3. The Hall–Kier alpha value is -2.85. The Bertz CT molecular complexity index is 1070. The van der Waals surface area contributed by atoms with Crippen molar-refractivity contribution in [3.63, 3.8) is 0 Å². The summed E-state index contributed by atoms with van der Waals surface area (Å²) in [6.07, 6.45) is 0. The Labute approximate surface area is 175 Å². The first-order valence-electron chi connectivity index (χ1n) is 8.86. The molecular weight excluding hydrogens is 442 g/mol. The quantitative estimate of drug-likeness (QED) is 0.408. The van der Waals surface area contributed by atoms with Crippen molar-refractivity contribution in [2.45, 2.75) is 33.9 Å². The first kappa shape index (κ1) is 20.9. The van der Waals surface area contributed by atoms with E-state index in [9.17, 15) is 14.7 Å². The molecule has 29 heavy (non-hydrogen) atoms. The van der Waals surface area contributed by atoms with Gasteiger partial charge < -0.3 is 14.8 Å². The molecular formula is C19H20BrN5O4. The molecule has 0 saturated heterocycles. The van der Waals surface area contributed by atoms with E-state index in [1.165, 1.54) is 11.7 Å². The summed E-state index contributed by atoms with van der Waals surface area (Å²) < 4.78 is 5.70. The van der Waals surface area contributed by atoms with Crippen molar-refractivity contribution in [1.82, 2.24) is 25.2 Å². The second kappa shape index (κ2) is 8.66.